The summed E-state index contributed by atoms with van der Waals surface area (Å²) in [6.07, 6.45) is 2.02. The predicted octanol–water partition coefficient (Wildman–Crippen LogP) is 0.706. The Bertz CT molecular complexity index is 441. The molecule has 0 saturated heterocycles. The average molecular weight is 239 g/mol. The van der Waals surface area contributed by atoms with E-state index in [2.05, 4.69) is 10.1 Å². The van der Waals surface area contributed by atoms with E-state index < -0.39 is 5.97 Å². The predicted molar refractivity (Wildman–Crippen MR) is 57.0 cm³/mol. The second-order valence-electron chi connectivity index (χ2n) is 3.23. The quantitative estimate of drug-likeness (QED) is 0.841. The summed E-state index contributed by atoms with van der Waals surface area (Å²) in [4.78, 5) is 26.2. The molecule has 0 atom stereocenters. The van der Waals surface area contributed by atoms with Gasteiger partial charge in [0.1, 0.15) is 10.7 Å². The van der Waals surface area contributed by atoms with Crippen molar-refractivity contribution in [3.63, 3.8) is 0 Å². The second-order valence-corrected chi connectivity index (χ2v) is 4.21. The first kappa shape index (κ1) is 10.7. The second kappa shape index (κ2) is 4.40. The highest BCUT2D eigenvalue weighted by atomic mass is 32.1. The highest BCUT2D eigenvalue weighted by Crippen LogP contribution is 2.14. The van der Waals surface area contributed by atoms with Gasteiger partial charge in [0.2, 0.25) is 5.91 Å². The number of carboxylic acid groups (broad SMARTS) is 1. The summed E-state index contributed by atoms with van der Waals surface area (Å²) in [5, 5.41) is 16.3. The molecule has 0 aliphatic carbocycles. The molecule has 1 aliphatic rings. The Hall–Kier alpha value is -1.76. The Morgan fingerprint density at radius 3 is 3.00 bits per heavy atom. The number of rotatable bonds is 3. The van der Waals surface area contributed by atoms with Crippen molar-refractivity contribution >= 4 is 28.9 Å². The third-order valence-corrected chi connectivity index (χ3v) is 2.88. The molecule has 1 aliphatic heterocycles. The number of aliphatic carboxylic acids is 1. The SMILES string of the molecule is O=C(O)C1=NN(Cc2nccs2)C(=O)CC1. The van der Waals surface area contributed by atoms with Crippen molar-refractivity contribution in [3.8, 4) is 0 Å². The van der Waals surface area contributed by atoms with E-state index >= 15 is 0 Å². The fourth-order valence-electron chi connectivity index (χ4n) is 1.34. The van der Waals surface area contributed by atoms with Gasteiger partial charge in [0.15, 0.2) is 0 Å². The van der Waals surface area contributed by atoms with Crippen LogP contribution in [0.15, 0.2) is 16.7 Å². The number of carbonyl (C=O) groups is 2. The van der Waals surface area contributed by atoms with Gasteiger partial charge in [-0.3, -0.25) is 4.79 Å². The molecule has 0 unspecified atom stereocenters. The van der Waals surface area contributed by atoms with E-state index in [4.69, 9.17) is 5.11 Å². The van der Waals surface area contributed by atoms with Crippen molar-refractivity contribution in [1.82, 2.24) is 9.99 Å². The first-order valence-electron chi connectivity index (χ1n) is 4.66. The number of hydrogen-bond acceptors (Lipinski definition) is 5. The monoisotopic (exact) mass is 239 g/mol. The molecule has 0 saturated carbocycles. The van der Waals surface area contributed by atoms with Crippen LogP contribution >= 0.6 is 11.3 Å². The van der Waals surface area contributed by atoms with Gasteiger partial charge < -0.3 is 5.11 Å². The van der Waals surface area contributed by atoms with Crippen LogP contribution in [0.4, 0.5) is 0 Å². The number of thiazole rings is 1. The van der Waals surface area contributed by atoms with E-state index in [1.807, 2.05) is 0 Å². The molecule has 0 aromatic carbocycles. The number of aromatic nitrogens is 1. The molecule has 2 heterocycles. The van der Waals surface area contributed by atoms with Crippen molar-refractivity contribution in [2.75, 3.05) is 0 Å². The molecule has 1 N–H and O–H groups in total. The Morgan fingerprint density at radius 1 is 1.56 bits per heavy atom. The van der Waals surface area contributed by atoms with Gasteiger partial charge in [-0.1, -0.05) is 0 Å². The van der Waals surface area contributed by atoms with Gasteiger partial charge in [0, 0.05) is 24.4 Å². The minimum Gasteiger partial charge on any atom is -0.477 e. The number of hydrogen-bond donors (Lipinski definition) is 1. The molecule has 0 fully saturated rings. The van der Waals surface area contributed by atoms with Crippen LogP contribution in [0.5, 0.6) is 0 Å². The lowest BCUT2D eigenvalue weighted by Gasteiger charge is -2.20. The Kier molecular flexibility index (Phi) is 2.95. The van der Waals surface area contributed by atoms with Crippen molar-refractivity contribution in [2.45, 2.75) is 19.4 Å². The summed E-state index contributed by atoms with van der Waals surface area (Å²) in [6.45, 7) is 0.243. The minimum atomic E-state index is -1.07. The lowest BCUT2D eigenvalue weighted by Crippen LogP contribution is -2.33. The summed E-state index contributed by atoms with van der Waals surface area (Å²) >= 11 is 1.41. The fraction of sp³-hybridized carbons (Fsp3) is 0.333. The van der Waals surface area contributed by atoms with E-state index in [0.29, 0.717) is 0 Å². The maximum atomic E-state index is 11.5. The molecular weight excluding hydrogens is 230 g/mol. The number of carbonyl (C=O) groups excluding carboxylic acids is 1. The van der Waals surface area contributed by atoms with Crippen LogP contribution < -0.4 is 0 Å². The number of hydrazone groups is 1. The summed E-state index contributed by atoms with van der Waals surface area (Å²) < 4.78 is 0. The zero-order valence-corrected chi connectivity index (χ0v) is 9.11. The topological polar surface area (TPSA) is 82.9 Å². The van der Waals surface area contributed by atoms with Crippen LogP contribution in [-0.4, -0.2) is 32.7 Å². The standard InChI is InChI=1S/C9H9N3O3S/c13-8-2-1-6(9(14)15)11-12(8)5-7-10-3-4-16-7/h3-4H,1-2,5H2,(H,14,15). The first-order valence-corrected chi connectivity index (χ1v) is 5.54. The highest BCUT2D eigenvalue weighted by molar-refractivity contribution is 7.09. The third kappa shape index (κ3) is 2.25. The van der Waals surface area contributed by atoms with Gasteiger partial charge >= 0.3 is 5.97 Å². The lowest BCUT2D eigenvalue weighted by molar-refractivity contribution is -0.133. The van der Waals surface area contributed by atoms with Gasteiger partial charge in [0.05, 0.1) is 6.54 Å². The molecule has 0 spiro atoms. The first-order chi connectivity index (χ1) is 7.66. The summed E-state index contributed by atoms with van der Waals surface area (Å²) in [6, 6.07) is 0. The Balaban J connectivity index is 2.15. The van der Waals surface area contributed by atoms with Crippen molar-refractivity contribution in [1.29, 1.82) is 0 Å². The molecule has 6 nitrogen and oxygen atoms in total. The summed E-state index contributed by atoms with van der Waals surface area (Å²) in [5.74, 6) is -1.24. The summed E-state index contributed by atoms with van der Waals surface area (Å²) in [5.41, 5.74) is 0.0242. The molecule has 7 heteroatoms. The van der Waals surface area contributed by atoms with Gasteiger partial charge in [-0.05, 0) is 0 Å². The maximum Gasteiger partial charge on any atom is 0.352 e. The third-order valence-electron chi connectivity index (χ3n) is 2.12. The van der Waals surface area contributed by atoms with Crippen molar-refractivity contribution < 1.29 is 14.7 Å². The van der Waals surface area contributed by atoms with Gasteiger partial charge in [-0.15, -0.1) is 11.3 Å². The smallest absolute Gasteiger partial charge is 0.352 e. The average Bonchev–Trinajstić information content (AvgIpc) is 2.73. The van der Waals surface area contributed by atoms with Crippen molar-refractivity contribution in [2.24, 2.45) is 5.10 Å². The van der Waals surface area contributed by atoms with Crippen LogP contribution in [0.1, 0.15) is 17.8 Å². The van der Waals surface area contributed by atoms with E-state index in [-0.39, 0.29) is 31.0 Å². The molecule has 0 bridgehead atoms. The van der Waals surface area contributed by atoms with E-state index in [1.54, 1.807) is 11.6 Å². The number of nitrogens with zero attached hydrogens (tertiary/aromatic N) is 3. The number of amides is 1. The Labute approximate surface area is 95.2 Å². The fourth-order valence-corrected chi connectivity index (χ4v) is 1.94. The molecule has 1 aromatic rings. The molecule has 1 aromatic heterocycles. The van der Waals surface area contributed by atoms with E-state index in [9.17, 15) is 9.59 Å². The minimum absolute atomic E-state index is 0.0242. The van der Waals surface area contributed by atoms with Crippen LogP contribution in [0, 0.1) is 0 Å². The van der Waals surface area contributed by atoms with Crippen LogP contribution in [-0.2, 0) is 16.1 Å². The Morgan fingerprint density at radius 2 is 2.38 bits per heavy atom. The summed E-state index contributed by atoms with van der Waals surface area (Å²) in [7, 11) is 0. The number of carboxylic acids is 1. The highest BCUT2D eigenvalue weighted by Gasteiger charge is 2.24. The van der Waals surface area contributed by atoms with E-state index in [0.717, 1.165) is 5.01 Å². The molecular formula is C9H9N3O3S. The molecule has 0 radical (unpaired) electrons. The largest absolute Gasteiger partial charge is 0.477 e. The lowest BCUT2D eigenvalue weighted by atomic mass is 10.2. The molecule has 1 amide bonds. The molecule has 16 heavy (non-hydrogen) atoms. The zero-order chi connectivity index (χ0) is 11.5. The van der Waals surface area contributed by atoms with Crippen LogP contribution in [0.2, 0.25) is 0 Å². The van der Waals surface area contributed by atoms with Crippen LogP contribution in [0.3, 0.4) is 0 Å². The van der Waals surface area contributed by atoms with Crippen molar-refractivity contribution in [3.05, 3.63) is 16.6 Å². The van der Waals surface area contributed by atoms with Gasteiger partial charge in [-0.25, -0.2) is 14.8 Å². The van der Waals surface area contributed by atoms with Crippen LogP contribution in [0.25, 0.3) is 0 Å². The molecule has 84 valence electrons. The molecule has 2 rings (SSSR count). The zero-order valence-electron chi connectivity index (χ0n) is 8.29. The van der Waals surface area contributed by atoms with E-state index in [1.165, 1.54) is 16.3 Å². The van der Waals surface area contributed by atoms with Gasteiger partial charge in [-0.2, -0.15) is 5.10 Å². The normalized spacial score (nSPS) is 16.1. The maximum absolute atomic E-state index is 11.5. The van der Waals surface area contributed by atoms with Gasteiger partial charge in [0.25, 0.3) is 0 Å².